The summed E-state index contributed by atoms with van der Waals surface area (Å²) < 4.78 is 5.60. The summed E-state index contributed by atoms with van der Waals surface area (Å²) in [6.07, 6.45) is 2.68. The fourth-order valence-corrected chi connectivity index (χ4v) is 1.43. The summed E-state index contributed by atoms with van der Waals surface area (Å²) in [6, 6.07) is 3.73. The van der Waals surface area contributed by atoms with Crippen LogP contribution in [-0.4, -0.2) is 29.3 Å². The lowest BCUT2D eigenvalue weighted by Gasteiger charge is -2.21. The lowest BCUT2D eigenvalue weighted by molar-refractivity contribution is 0.248. The summed E-state index contributed by atoms with van der Waals surface area (Å²) >= 11 is 0. The molecule has 0 aliphatic heterocycles. The van der Waals surface area contributed by atoms with Gasteiger partial charge >= 0.3 is 0 Å². The van der Waals surface area contributed by atoms with E-state index in [1.807, 2.05) is 12.1 Å². The lowest BCUT2D eigenvalue weighted by atomic mass is 10.1. The van der Waals surface area contributed by atoms with Gasteiger partial charge in [-0.15, -0.1) is 0 Å². The van der Waals surface area contributed by atoms with Crippen LogP contribution < -0.4 is 10.1 Å². The Kier molecular flexibility index (Phi) is 5.77. The second-order valence-corrected chi connectivity index (χ2v) is 4.38. The van der Waals surface area contributed by atoms with Gasteiger partial charge in [-0.2, -0.15) is 0 Å². The number of aliphatic hydroxyl groups excluding tert-OH is 1. The zero-order valence-corrected chi connectivity index (χ0v) is 10.8. The molecule has 1 aromatic heterocycles. The standard InChI is InChI=1S/C13H22N2O2/c1-4-8-17-12-6-5-7-14-13(12)15-11(9-16)10(2)3/h5-7,10-11,16H,4,8-9H2,1-3H3,(H,14,15)/t11-/m1/s1. The third-order valence-electron chi connectivity index (χ3n) is 2.56. The van der Waals surface area contributed by atoms with Crippen molar-refractivity contribution in [3.05, 3.63) is 18.3 Å². The Morgan fingerprint density at radius 1 is 1.47 bits per heavy atom. The van der Waals surface area contributed by atoms with Gasteiger partial charge in [0, 0.05) is 6.20 Å². The molecule has 0 radical (unpaired) electrons. The van der Waals surface area contributed by atoms with Crippen molar-refractivity contribution in [2.45, 2.75) is 33.2 Å². The number of hydrogen-bond donors (Lipinski definition) is 2. The van der Waals surface area contributed by atoms with E-state index in [-0.39, 0.29) is 12.6 Å². The third kappa shape index (κ3) is 4.23. The maximum absolute atomic E-state index is 9.29. The first-order valence-electron chi connectivity index (χ1n) is 6.14. The van der Waals surface area contributed by atoms with Gasteiger partial charge in [0.05, 0.1) is 19.3 Å². The second kappa shape index (κ2) is 7.12. The molecule has 0 fully saturated rings. The van der Waals surface area contributed by atoms with Crippen molar-refractivity contribution in [3.8, 4) is 5.75 Å². The van der Waals surface area contributed by atoms with Crippen LogP contribution in [0.1, 0.15) is 27.2 Å². The molecule has 96 valence electrons. The molecule has 4 nitrogen and oxygen atoms in total. The SMILES string of the molecule is CCCOc1cccnc1N[C@H](CO)C(C)C. The number of pyridine rings is 1. The summed E-state index contributed by atoms with van der Waals surface area (Å²) in [5, 5.41) is 12.5. The Bertz CT molecular complexity index is 329. The summed E-state index contributed by atoms with van der Waals surface area (Å²) in [6.45, 7) is 6.94. The molecule has 1 aromatic rings. The molecule has 0 amide bonds. The minimum absolute atomic E-state index is 0.00567. The minimum atomic E-state index is -0.00567. The third-order valence-corrected chi connectivity index (χ3v) is 2.56. The summed E-state index contributed by atoms with van der Waals surface area (Å²) in [7, 11) is 0. The van der Waals surface area contributed by atoms with Crippen LogP contribution in [-0.2, 0) is 0 Å². The zero-order chi connectivity index (χ0) is 12.7. The van der Waals surface area contributed by atoms with E-state index >= 15 is 0 Å². The van der Waals surface area contributed by atoms with Crippen LogP contribution in [0.25, 0.3) is 0 Å². The van der Waals surface area contributed by atoms with Gasteiger partial charge in [-0.1, -0.05) is 20.8 Å². The van der Waals surface area contributed by atoms with E-state index in [2.05, 4.69) is 31.1 Å². The molecule has 1 heterocycles. The van der Waals surface area contributed by atoms with Crippen LogP contribution in [0.5, 0.6) is 5.75 Å². The largest absolute Gasteiger partial charge is 0.490 e. The quantitative estimate of drug-likeness (QED) is 0.765. The first-order chi connectivity index (χ1) is 8.19. The van der Waals surface area contributed by atoms with Crippen molar-refractivity contribution in [3.63, 3.8) is 0 Å². The van der Waals surface area contributed by atoms with Crippen molar-refractivity contribution in [2.24, 2.45) is 5.92 Å². The second-order valence-electron chi connectivity index (χ2n) is 4.38. The average Bonchev–Trinajstić information content (AvgIpc) is 2.34. The Morgan fingerprint density at radius 2 is 2.24 bits per heavy atom. The predicted molar refractivity (Wildman–Crippen MR) is 69.4 cm³/mol. The molecule has 0 unspecified atom stereocenters. The van der Waals surface area contributed by atoms with Gasteiger partial charge in [0.25, 0.3) is 0 Å². The highest BCUT2D eigenvalue weighted by molar-refractivity contribution is 5.50. The first-order valence-corrected chi connectivity index (χ1v) is 6.14. The number of rotatable bonds is 7. The molecular weight excluding hydrogens is 216 g/mol. The fourth-order valence-electron chi connectivity index (χ4n) is 1.43. The summed E-state index contributed by atoms with van der Waals surface area (Å²) in [5.41, 5.74) is 0. The summed E-state index contributed by atoms with van der Waals surface area (Å²) in [4.78, 5) is 4.25. The number of nitrogens with zero attached hydrogens (tertiary/aromatic N) is 1. The van der Waals surface area contributed by atoms with E-state index in [9.17, 15) is 5.11 Å². The number of hydrogen-bond acceptors (Lipinski definition) is 4. The molecular formula is C13H22N2O2. The number of aliphatic hydroxyl groups is 1. The van der Waals surface area contributed by atoms with E-state index in [1.165, 1.54) is 0 Å². The van der Waals surface area contributed by atoms with E-state index in [0.717, 1.165) is 12.2 Å². The van der Waals surface area contributed by atoms with E-state index in [1.54, 1.807) is 6.20 Å². The molecule has 0 saturated carbocycles. The smallest absolute Gasteiger partial charge is 0.169 e. The molecule has 1 atom stereocenters. The Labute approximate surface area is 103 Å². The van der Waals surface area contributed by atoms with Crippen LogP contribution in [0.3, 0.4) is 0 Å². The van der Waals surface area contributed by atoms with Crippen molar-refractivity contribution < 1.29 is 9.84 Å². The predicted octanol–water partition coefficient (Wildman–Crippen LogP) is 2.30. The molecule has 0 aliphatic carbocycles. The van der Waals surface area contributed by atoms with Crippen molar-refractivity contribution >= 4 is 5.82 Å². The molecule has 17 heavy (non-hydrogen) atoms. The normalized spacial score (nSPS) is 12.5. The van der Waals surface area contributed by atoms with Crippen molar-refractivity contribution in [2.75, 3.05) is 18.5 Å². The van der Waals surface area contributed by atoms with Gasteiger partial charge in [0.15, 0.2) is 11.6 Å². The molecule has 0 bridgehead atoms. The van der Waals surface area contributed by atoms with E-state index in [4.69, 9.17) is 4.74 Å². The summed E-state index contributed by atoms with van der Waals surface area (Å²) in [5.74, 6) is 1.78. The van der Waals surface area contributed by atoms with Gasteiger partial charge in [-0.3, -0.25) is 0 Å². The Morgan fingerprint density at radius 3 is 2.82 bits per heavy atom. The molecule has 2 N–H and O–H groups in total. The maximum Gasteiger partial charge on any atom is 0.169 e. The molecule has 0 aliphatic rings. The highest BCUT2D eigenvalue weighted by Gasteiger charge is 2.14. The number of ether oxygens (including phenoxy) is 1. The van der Waals surface area contributed by atoms with Crippen LogP contribution in [0, 0.1) is 5.92 Å². The van der Waals surface area contributed by atoms with Crippen LogP contribution in [0.15, 0.2) is 18.3 Å². The molecule has 0 spiro atoms. The van der Waals surface area contributed by atoms with Crippen LogP contribution in [0.4, 0.5) is 5.82 Å². The Balaban J connectivity index is 2.74. The highest BCUT2D eigenvalue weighted by Crippen LogP contribution is 2.23. The average molecular weight is 238 g/mol. The molecule has 0 aromatic carbocycles. The van der Waals surface area contributed by atoms with Crippen LogP contribution >= 0.6 is 0 Å². The van der Waals surface area contributed by atoms with Gasteiger partial charge in [0.1, 0.15) is 0 Å². The fraction of sp³-hybridized carbons (Fsp3) is 0.615. The van der Waals surface area contributed by atoms with Crippen LogP contribution in [0.2, 0.25) is 0 Å². The number of anilines is 1. The lowest BCUT2D eigenvalue weighted by Crippen LogP contribution is -2.30. The highest BCUT2D eigenvalue weighted by atomic mass is 16.5. The van der Waals surface area contributed by atoms with Gasteiger partial charge in [0.2, 0.25) is 0 Å². The zero-order valence-electron chi connectivity index (χ0n) is 10.8. The molecule has 0 saturated heterocycles. The maximum atomic E-state index is 9.29. The minimum Gasteiger partial charge on any atom is -0.490 e. The van der Waals surface area contributed by atoms with Gasteiger partial charge < -0.3 is 15.2 Å². The van der Waals surface area contributed by atoms with Crippen molar-refractivity contribution in [1.29, 1.82) is 0 Å². The molecule has 1 rings (SSSR count). The van der Waals surface area contributed by atoms with Gasteiger partial charge in [-0.05, 0) is 24.5 Å². The first kappa shape index (κ1) is 13.8. The van der Waals surface area contributed by atoms with Crippen molar-refractivity contribution in [1.82, 2.24) is 4.98 Å². The Hall–Kier alpha value is -1.29. The number of aromatic nitrogens is 1. The molecule has 4 heteroatoms. The van der Waals surface area contributed by atoms with E-state index < -0.39 is 0 Å². The number of nitrogens with one attached hydrogen (secondary N) is 1. The topological polar surface area (TPSA) is 54.4 Å². The van der Waals surface area contributed by atoms with Gasteiger partial charge in [-0.25, -0.2) is 4.98 Å². The monoisotopic (exact) mass is 238 g/mol. The van der Waals surface area contributed by atoms with E-state index in [0.29, 0.717) is 18.3 Å².